The topological polar surface area (TPSA) is 18.5 Å². The Hall–Kier alpha value is -0.120. The molecule has 1 saturated heterocycles. The lowest BCUT2D eigenvalue weighted by atomic mass is 10.2. The summed E-state index contributed by atoms with van der Waals surface area (Å²) < 4.78 is 0. The van der Waals surface area contributed by atoms with Crippen LogP contribution in [0.2, 0.25) is 0 Å². The van der Waals surface area contributed by atoms with Gasteiger partial charge in [-0.2, -0.15) is 5.53 Å². The predicted molar refractivity (Wildman–Crippen MR) is 46.9 cm³/mol. The van der Waals surface area contributed by atoms with E-state index in [0.717, 1.165) is 13.1 Å². The van der Waals surface area contributed by atoms with Crippen LogP contribution in [0, 0.1) is 0 Å². The smallest absolute Gasteiger partial charge is 0.0141 e. The molecule has 11 heavy (non-hydrogen) atoms. The Morgan fingerprint density at radius 1 is 0.818 bits per heavy atom. The highest BCUT2D eigenvalue weighted by Gasteiger charge is 2.04. The third kappa shape index (κ3) is 3.70. The fourth-order valence-corrected chi connectivity index (χ4v) is 1.44. The zero-order valence-electron chi connectivity index (χ0n) is 7.64. The maximum Gasteiger partial charge on any atom is 0.0141 e. The van der Waals surface area contributed by atoms with Gasteiger partial charge in [0.15, 0.2) is 0 Å². The van der Waals surface area contributed by atoms with Gasteiger partial charge in [0.1, 0.15) is 0 Å². The third-order valence-corrected chi connectivity index (χ3v) is 2.08. The molecule has 0 aromatic carbocycles. The molecule has 3 heteroatoms. The summed E-state index contributed by atoms with van der Waals surface area (Å²) in [5, 5.41) is 4.32. The fourth-order valence-electron chi connectivity index (χ4n) is 1.44. The van der Waals surface area contributed by atoms with Crippen molar-refractivity contribution in [1.82, 2.24) is 15.6 Å². The van der Waals surface area contributed by atoms with Crippen molar-refractivity contribution in [1.29, 1.82) is 0 Å². The zero-order chi connectivity index (χ0) is 8.10. The number of hydrogen-bond acceptors (Lipinski definition) is 3. The van der Waals surface area contributed by atoms with Gasteiger partial charge in [-0.15, -0.1) is 0 Å². The molecule has 0 amide bonds. The van der Waals surface area contributed by atoms with Crippen molar-refractivity contribution in [3.05, 3.63) is 0 Å². The fraction of sp³-hybridized carbons (Fsp3) is 1.00. The van der Waals surface area contributed by atoms with E-state index >= 15 is 0 Å². The molecule has 0 bridgehead atoms. The highest BCUT2D eigenvalue weighted by Crippen LogP contribution is 2.03. The molecular formula is C8H19N3. The predicted octanol–water partition coefficient (Wildman–Crippen LogP) is 0.844. The second-order valence-electron chi connectivity index (χ2n) is 3.36. The normalized spacial score (nSPS) is 25.6. The Morgan fingerprint density at radius 2 is 1.27 bits per heavy atom. The van der Waals surface area contributed by atoms with Crippen LogP contribution in [0.1, 0.15) is 25.7 Å². The number of nitrogens with one attached hydrogen (secondary N) is 1. The van der Waals surface area contributed by atoms with Gasteiger partial charge < -0.3 is 0 Å². The molecule has 1 N–H and O–H groups in total. The molecule has 0 spiro atoms. The first-order valence-electron chi connectivity index (χ1n) is 4.47. The van der Waals surface area contributed by atoms with Crippen molar-refractivity contribution in [2.75, 3.05) is 27.2 Å². The lowest BCUT2D eigenvalue weighted by Gasteiger charge is -2.24. The van der Waals surface area contributed by atoms with Gasteiger partial charge in [-0.1, -0.05) is 12.8 Å². The van der Waals surface area contributed by atoms with E-state index < -0.39 is 0 Å². The van der Waals surface area contributed by atoms with E-state index in [2.05, 4.69) is 29.6 Å². The first-order valence-corrected chi connectivity index (χ1v) is 4.47. The van der Waals surface area contributed by atoms with E-state index in [9.17, 15) is 0 Å². The molecular weight excluding hydrogens is 138 g/mol. The Balaban J connectivity index is 2.27. The van der Waals surface area contributed by atoms with Crippen molar-refractivity contribution in [2.45, 2.75) is 25.7 Å². The van der Waals surface area contributed by atoms with Crippen molar-refractivity contribution in [3.8, 4) is 0 Å². The molecule has 0 aromatic rings. The van der Waals surface area contributed by atoms with E-state index in [1.165, 1.54) is 25.7 Å². The van der Waals surface area contributed by atoms with Crippen LogP contribution in [0.15, 0.2) is 0 Å². The quantitative estimate of drug-likeness (QED) is 0.562. The summed E-state index contributed by atoms with van der Waals surface area (Å²) >= 11 is 0. The lowest BCUT2D eigenvalue weighted by Crippen LogP contribution is -2.46. The molecule has 0 unspecified atom stereocenters. The van der Waals surface area contributed by atoms with Gasteiger partial charge in [0, 0.05) is 27.2 Å². The van der Waals surface area contributed by atoms with Crippen LogP contribution in [0.4, 0.5) is 0 Å². The summed E-state index contributed by atoms with van der Waals surface area (Å²) in [6, 6.07) is 0. The number of rotatable bonds is 0. The monoisotopic (exact) mass is 157 g/mol. The van der Waals surface area contributed by atoms with Gasteiger partial charge in [0.2, 0.25) is 0 Å². The van der Waals surface area contributed by atoms with Gasteiger partial charge in [0.05, 0.1) is 0 Å². The average Bonchev–Trinajstić information content (AvgIpc) is 2.02. The Kier molecular flexibility index (Phi) is 3.83. The molecule has 3 nitrogen and oxygen atoms in total. The van der Waals surface area contributed by atoms with Crippen LogP contribution in [0.3, 0.4) is 0 Å². The largest absolute Gasteiger partial charge is 0.234 e. The molecule has 1 rings (SSSR count). The Labute approximate surface area is 69.3 Å². The number of hydrogen-bond donors (Lipinski definition) is 1. The van der Waals surface area contributed by atoms with Gasteiger partial charge in [-0.3, -0.25) is 0 Å². The van der Waals surface area contributed by atoms with Gasteiger partial charge >= 0.3 is 0 Å². The minimum Gasteiger partial charge on any atom is -0.234 e. The number of nitrogens with zero attached hydrogens (tertiary/aromatic N) is 2. The molecule has 0 saturated carbocycles. The first kappa shape index (κ1) is 8.97. The SMILES string of the molecule is CN1CCCCCCN(C)N1. The van der Waals surface area contributed by atoms with Crippen LogP contribution in [-0.4, -0.2) is 37.2 Å². The maximum absolute atomic E-state index is 3.29. The standard InChI is InChI=1S/C8H19N3/c1-10-7-5-3-4-6-8-11(2)9-10/h9H,3-8H2,1-2H3. The van der Waals surface area contributed by atoms with E-state index in [4.69, 9.17) is 0 Å². The number of hydrazine groups is 2. The van der Waals surface area contributed by atoms with Crippen LogP contribution in [-0.2, 0) is 0 Å². The van der Waals surface area contributed by atoms with Crippen molar-refractivity contribution in [3.63, 3.8) is 0 Å². The Morgan fingerprint density at radius 3 is 1.73 bits per heavy atom. The molecule has 1 heterocycles. The summed E-state index contributed by atoms with van der Waals surface area (Å²) in [5.41, 5.74) is 3.29. The third-order valence-electron chi connectivity index (χ3n) is 2.08. The minimum atomic E-state index is 1.16. The van der Waals surface area contributed by atoms with Crippen LogP contribution >= 0.6 is 0 Å². The van der Waals surface area contributed by atoms with Crippen LogP contribution in [0.5, 0.6) is 0 Å². The highest BCUT2D eigenvalue weighted by molar-refractivity contribution is 4.53. The molecule has 1 aliphatic heterocycles. The summed E-state index contributed by atoms with van der Waals surface area (Å²) in [4.78, 5) is 0. The molecule has 0 aliphatic carbocycles. The molecule has 1 fully saturated rings. The summed E-state index contributed by atoms with van der Waals surface area (Å²) in [6.45, 7) is 2.31. The molecule has 0 radical (unpaired) electrons. The second kappa shape index (κ2) is 4.70. The van der Waals surface area contributed by atoms with E-state index in [-0.39, 0.29) is 0 Å². The summed E-state index contributed by atoms with van der Waals surface area (Å²) in [6.07, 6.45) is 5.38. The summed E-state index contributed by atoms with van der Waals surface area (Å²) in [7, 11) is 4.20. The average molecular weight is 157 g/mol. The molecule has 0 aromatic heterocycles. The maximum atomic E-state index is 3.29. The van der Waals surface area contributed by atoms with Crippen LogP contribution in [0.25, 0.3) is 0 Å². The van der Waals surface area contributed by atoms with E-state index in [1.807, 2.05) is 0 Å². The Bertz CT molecular complexity index is 93.5. The van der Waals surface area contributed by atoms with E-state index in [0.29, 0.717) is 0 Å². The van der Waals surface area contributed by atoms with Crippen molar-refractivity contribution < 1.29 is 0 Å². The lowest BCUT2D eigenvalue weighted by molar-refractivity contribution is 0.0678. The molecule has 0 atom stereocenters. The van der Waals surface area contributed by atoms with Crippen LogP contribution < -0.4 is 5.53 Å². The first-order chi connectivity index (χ1) is 5.29. The van der Waals surface area contributed by atoms with Gasteiger partial charge in [0.25, 0.3) is 0 Å². The van der Waals surface area contributed by atoms with Crippen molar-refractivity contribution in [2.24, 2.45) is 0 Å². The highest BCUT2D eigenvalue weighted by atomic mass is 15.7. The van der Waals surface area contributed by atoms with Gasteiger partial charge in [-0.05, 0) is 12.8 Å². The van der Waals surface area contributed by atoms with Gasteiger partial charge in [-0.25, -0.2) is 10.0 Å². The zero-order valence-corrected chi connectivity index (χ0v) is 7.64. The van der Waals surface area contributed by atoms with E-state index in [1.54, 1.807) is 0 Å². The summed E-state index contributed by atoms with van der Waals surface area (Å²) in [5.74, 6) is 0. The molecule has 66 valence electrons. The van der Waals surface area contributed by atoms with Crippen molar-refractivity contribution >= 4 is 0 Å². The minimum absolute atomic E-state index is 1.16. The molecule has 1 aliphatic rings. The second-order valence-corrected chi connectivity index (χ2v) is 3.36.